The van der Waals surface area contributed by atoms with E-state index < -0.39 is 10.0 Å². The molecule has 0 atom stereocenters. The number of nitrogens with one attached hydrogen (secondary N) is 2. The Balaban J connectivity index is 1.37. The number of thioether (sulfide) groups is 1. The lowest BCUT2D eigenvalue weighted by Gasteiger charge is -2.18. The van der Waals surface area contributed by atoms with Crippen LogP contribution in [0.2, 0.25) is 5.02 Å². The van der Waals surface area contributed by atoms with E-state index in [0.717, 1.165) is 4.90 Å². The Bertz CT molecular complexity index is 1230. The molecule has 32 heavy (non-hydrogen) atoms. The zero-order valence-corrected chi connectivity index (χ0v) is 19.1. The second kappa shape index (κ2) is 9.72. The molecule has 0 aliphatic carbocycles. The molecule has 1 heterocycles. The third kappa shape index (κ3) is 5.67. The van der Waals surface area contributed by atoms with Crippen molar-refractivity contribution in [3.05, 3.63) is 71.8 Å². The average Bonchev–Trinajstić information content (AvgIpc) is 2.79. The van der Waals surface area contributed by atoms with Crippen LogP contribution in [0.1, 0.15) is 0 Å². The maximum atomic E-state index is 12.7. The van der Waals surface area contributed by atoms with E-state index in [1.165, 1.54) is 23.9 Å². The van der Waals surface area contributed by atoms with Crippen LogP contribution in [0.25, 0.3) is 0 Å². The van der Waals surface area contributed by atoms with Gasteiger partial charge in [0.25, 0.3) is 10.0 Å². The highest BCUT2D eigenvalue weighted by Crippen LogP contribution is 2.34. The summed E-state index contributed by atoms with van der Waals surface area (Å²) in [5, 5.41) is 3.24. The Morgan fingerprint density at radius 3 is 2.47 bits per heavy atom. The van der Waals surface area contributed by atoms with Crippen molar-refractivity contribution in [1.29, 1.82) is 0 Å². The number of carbonyl (C=O) groups is 1. The number of carbonyl (C=O) groups excluding carboxylic acids is 1. The van der Waals surface area contributed by atoms with Gasteiger partial charge in [-0.25, -0.2) is 8.42 Å². The van der Waals surface area contributed by atoms with Gasteiger partial charge in [-0.2, -0.15) is 0 Å². The molecule has 4 rings (SSSR count). The van der Waals surface area contributed by atoms with E-state index in [9.17, 15) is 13.2 Å². The lowest BCUT2D eigenvalue weighted by molar-refractivity contribution is -0.113. The predicted molar refractivity (Wildman–Crippen MR) is 125 cm³/mol. The molecule has 0 radical (unpaired) electrons. The van der Waals surface area contributed by atoms with Crippen molar-refractivity contribution in [3.8, 4) is 11.5 Å². The molecule has 0 bridgehead atoms. The summed E-state index contributed by atoms with van der Waals surface area (Å²) in [4.78, 5) is 13.3. The van der Waals surface area contributed by atoms with Crippen LogP contribution in [0, 0.1) is 0 Å². The van der Waals surface area contributed by atoms with E-state index in [1.807, 2.05) is 18.2 Å². The quantitative estimate of drug-likeness (QED) is 0.468. The Morgan fingerprint density at radius 2 is 1.69 bits per heavy atom. The topological polar surface area (TPSA) is 93.7 Å². The molecule has 1 aliphatic rings. The number of benzene rings is 3. The number of anilines is 2. The van der Waals surface area contributed by atoms with Gasteiger partial charge in [0.05, 0.1) is 10.6 Å². The Hall–Kier alpha value is -2.88. The van der Waals surface area contributed by atoms with Gasteiger partial charge in [-0.05, 0) is 60.7 Å². The van der Waals surface area contributed by atoms with Gasteiger partial charge in [0.1, 0.15) is 13.2 Å². The van der Waals surface area contributed by atoms with Gasteiger partial charge < -0.3 is 14.8 Å². The van der Waals surface area contributed by atoms with Crippen LogP contribution in [0.15, 0.2) is 76.5 Å². The van der Waals surface area contributed by atoms with Crippen molar-refractivity contribution < 1.29 is 22.7 Å². The maximum Gasteiger partial charge on any atom is 0.261 e. The van der Waals surface area contributed by atoms with Gasteiger partial charge >= 0.3 is 0 Å². The summed E-state index contributed by atoms with van der Waals surface area (Å²) in [7, 11) is -3.82. The number of sulfonamides is 1. The number of rotatable bonds is 7. The van der Waals surface area contributed by atoms with Gasteiger partial charge in [0, 0.05) is 21.3 Å². The fourth-order valence-corrected chi connectivity index (χ4v) is 4.89. The van der Waals surface area contributed by atoms with E-state index in [-0.39, 0.29) is 16.6 Å². The molecule has 0 fully saturated rings. The summed E-state index contributed by atoms with van der Waals surface area (Å²) in [6.07, 6.45) is 0. The molecule has 3 aromatic rings. The fraction of sp³-hybridized carbons (Fsp3) is 0.136. The summed E-state index contributed by atoms with van der Waals surface area (Å²) in [5.74, 6) is 1.24. The van der Waals surface area contributed by atoms with Gasteiger partial charge in [0.15, 0.2) is 11.5 Å². The average molecular weight is 491 g/mol. The van der Waals surface area contributed by atoms with Crippen LogP contribution in [-0.2, 0) is 14.8 Å². The van der Waals surface area contributed by atoms with Crippen molar-refractivity contribution in [2.75, 3.05) is 29.0 Å². The highest BCUT2D eigenvalue weighted by Gasteiger charge is 2.16. The van der Waals surface area contributed by atoms with Crippen LogP contribution in [0.3, 0.4) is 0 Å². The van der Waals surface area contributed by atoms with Gasteiger partial charge in [-0.3, -0.25) is 9.52 Å². The van der Waals surface area contributed by atoms with Gasteiger partial charge in [0.2, 0.25) is 5.91 Å². The van der Waals surface area contributed by atoms with Crippen molar-refractivity contribution in [2.24, 2.45) is 0 Å². The van der Waals surface area contributed by atoms with Crippen LogP contribution >= 0.6 is 23.4 Å². The number of fused-ring (bicyclic) bond motifs is 1. The van der Waals surface area contributed by atoms with Gasteiger partial charge in [-0.1, -0.05) is 17.7 Å². The van der Waals surface area contributed by atoms with E-state index in [0.29, 0.717) is 41.1 Å². The lowest BCUT2D eigenvalue weighted by Crippen LogP contribution is -2.16. The first-order valence-corrected chi connectivity index (χ1v) is 12.4. The van der Waals surface area contributed by atoms with E-state index in [4.69, 9.17) is 21.1 Å². The van der Waals surface area contributed by atoms with E-state index in [1.54, 1.807) is 36.4 Å². The molecular formula is C22H19ClN2O5S2. The lowest BCUT2D eigenvalue weighted by atomic mass is 10.3. The summed E-state index contributed by atoms with van der Waals surface area (Å²) in [6, 6.07) is 17.9. The number of ether oxygens (including phenoxy) is 2. The second-order valence-electron chi connectivity index (χ2n) is 6.78. The minimum atomic E-state index is -3.82. The highest BCUT2D eigenvalue weighted by atomic mass is 35.5. The third-order valence-electron chi connectivity index (χ3n) is 4.41. The molecule has 0 saturated carbocycles. The van der Waals surface area contributed by atoms with Crippen molar-refractivity contribution in [3.63, 3.8) is 0 Å². The Labute approximate surface area is 195 Å². The minimum Gasteiger partial charge on any atom is -0.486 e. The summed E-state index contributed by atoms with van der Waals surface area (Å²) < 4.78 is 38.9. The standard InChI is InChI=1S/C22H19ClN2O5S2/c23-15-4-6-16(7-5-15)25-32(27,28)19-3-1-2-17(12-19)24-22(26)14-31-18-8-9-20-21(13-18)30-11-10-29-20/h1-9,12-13,25H,10-11,14H2,(H,24,26). The van der Waals surface area contributed by atoms with E-state index >= 15 is 0 Å². The number of hydrogen-bond acceptors (Lipinski definition) is 6. The van der Waals surface area contributed by atoms with Crippen LogP contribution in [-0.4, -0.2) is 33.3 Å². The predicted octanol–water partition coefficient (Wildman–Crippen LogP) is 4.64. The molecule has 0 spiro atoms. The Kier molecular flexibility index (Phi) is 6.78. The second-order valence-corrected chi connectivity index (χ2v) is 9.95. The van der Waals surface area contributed by atoms with E-state index in [2.05, 4.69) is 10.0 Å². The molecule has 166 valence electrons. The molecule has 0 saturated heterocycles. The first-order chi connectivity index (χ1) is 15.4. The number of halogens is 1. The van der Waals surface area contributed by atoms with Crippen molar-refractivity contribution in [2.45, 2.75) is 9.79 Å². The Morgan fingerprint density at radius 1 is 0.938 bits per heavy atom. The first-order valence-electron chi connectivity index (χ1n) is 9.60. The minimum absolute atomic E-state index is 0.0322. The fourth-order valence-electron chi connectivity index (χ4n) is 2.93. The molecule has 10 heteroatoms. The summed E-state index contributed by atoms with van der Waals surface area (Å²) in [6.45, 7) is 1.01. The molecule has 3 aromatic carbocycles. The van der Waals surface area contributed by atoms with Crippen LogP contribution in [0.5, 0.6) is 11.5 Å². The number of amides is 1. The SMILES string of the molecule is O=C(CSc1ccc2c(c1)OCCO2)Nc1cccc(S(=O)(=O)Nc2ccc(Cl)cc2)c1. The van der Waals surface area contributed by atoms with Crippen LogP contribution < -0.4 is 19.5 Å². The van der Waals surface area contributed by atoms with Crippen LogP contribution in [0.4, 0.5) is 11.4 Å². The molecule has 7 nitrogen and oxygen atoms in total. The summed E-state index contributed by atoms with van der Waals surface area (Å²) >= 11 is 7.18. The number of hydrogen-bond donors (Lipinski definition) is 2. The third-order valence-corrected chi connectivity index (χ3v) is 7.03. The largest absolute Gasteiger partial charge is 0.486 e. The monoisotopic (exact) mass is 490 g/mol. The first kappa shape index (κ1) is 22.3. The maximum absolute atomic E-state index is 12.7. The molecule has 1 aliphatic heterocycles. The van der Waals surface area contributed by atoms with Crippen molar-refractivity contribution >= 4 is 50.7 Å². The zero-order valence-electron chi connectivity index (χ0n) is 16.7. The molecule has 1 amide bonds. The smallest absolute Gasteiger partial charge is 0.261 e. The van der Waals surface area contributed by atoms with Crippen molar-refractivity contribution in [1.82, 2.24) is 0 Å². The molecule has 0 aromatic heterocycles. The molecular weight excluding hydrogens is 472 g/mol. The summed E-state index contributed by atoms with van der Waals surface area (Å²) in [5.41, 5.74) is 0.774. The van der Waals surface area contributed by atoms with Gasteiger partial charge in [-0.15, -0.1) is 11.8 Å². The molecule has 2 N–H and O–H groups in total. The highest BCUT2D eigenvalue weighted by molar-refractivity contribution is 8.00. The molecule has 0 unspecified atom stereocenters. The zero-order chi connectivity index (χ0) is 22.6. The normalized spacial score (nSPS) is 12.8.